The average molecular weight is 309 g/mol. The molecule has 0 aromatic carbocycles. The van der Waals surface area contributed by atoms with Gasteiger partial charge in [0.1, 0.15) is 0 Å². The topological polar surface area (TPSA) is 88.1 Å². The van der Waals surface area contributed by atoms with Gasteiger partial charge in [0.2, 0.25) is 0 Å². The third-order valence-electron chi connectivity index (χ3n) is 2.62. The van der Waals surface area contributed by atoms with Gasteiger partial charge < -0.3 is 18.9 Å². The van der Waals surface area contributed by atoms with Crippen LogP contribution in [-0.4, -0.2) is 47.9 Å². The van der Waals surface area contributed by atoms with Crippen molar-refractivity contribution in [2.24, 2.45) is 0 Å². The van der Waals surface area contributed by atoms with Crippen LogP contribution in [0.1, 0.15) is 27.7 Å². The summed E-state index contributed by atoms with van der Waals surface area (Å²) >= 11 is 5.97. The van der Waals surface area contributed by atoms with Crippen molar-refractivity contribution in [3.05, 3.63) is 0 Å². The highest BCUT2D eigenvalue weighted by atomic mass is 35.5. The Bertz CT molecular complexity index is 369. The van der Waals surface area contributed by atoms with Gasteiger partial charge in [-0.05, 0) is 6.92 Å². The van der Waals surface area contributed by atoms with Crippen LogP contribution in [-0.2, 0) is 33.3 Å². The van der Waals surface area contributed by atoms with Crippen molar-refractivity contribution >= 4 is 29.5 Å². The molecular weight excluding hydrogens is 292 g/mol. The Morgan fingerprint density at radius 2 is 1.25 bits per heavy atom. The molecule has 1 saturated heterocycles. The van der Waals surface area contributed by atoms with Gasteiger partial charge in [0.25, 0.3) is 0 Å². The molecule has 0 spiro atoms. The fourth-order valence-corrected chi connectivity index (χ4v) is 2.31. The number of rotatable bonds is 3. The van der Waals surface area contributed by atoms with Gasteiger partial charge in [-0.2, -0.15) is 0 Å². The third kappa shape index (κ3) is 4.35. The molecule has 0 radical (unpaired) electrons. The Kier molecular flexibility index (Phi) is 5.76. The Labute approximate surface area is 121 Å². The van der Waals surface area contributed by atoms with Crippen molar-refractivity contribution in [2.45, 2.75) is 57.7 Å². The standard InChI is InChI=1S/C12H17ClO7/c1-5-9(18-6(2)14)10(19-7(3)15)11(12(13)17-5)20-8(4)16/h5,9-12H,1-4H3/t5-,9+,10+,11-,12?/m1/s1. The van der Waals surface area contributed by atoms with Crippen molar-refractivity contribution in [3.63, 3.8) is 0 Å². The van der Waals surface area contributed by atoms with Crippen LogP contribution in [0.25, 0.3) is 0 Å². The van der Waals surface area contributed by atoms with Crippen molar-refractivity contribution < 1.29 is 33.3 Å². The largest absolute Gasteiger partial charge is 0.456 e. The number of halogens is 1. The zero-order chi connectivity index (χ0) is 15.4. The summed E-state index contributed by atoms with van der Waals surface area (Å²) in [6.07, 6.45) is -3.60. The zero-order valence-electron chi connectivity index (χ0n) is 11.6. The molecule has 1 fully saturated rings. The van der Waals surface area contributed by atoms with E-state index in [-0.39, 0.29) is 0 Å². The van der Waals surface area contributed by atoms with Gasteiger partial charge in [0, 0.05) is 20.8 Å². The Morgan fingerprint density at radius 3 is 1.70 bits per heavy atom. The molecular formula is C12H17ClO7. The van der Waals surface area contributed by atoms with Gasteiger partial charge in [-0.1, -0.05) is 11.6 Å². The van der Waals surface area contributed by atoms with E-state index in [0.717, 1.165) is 0 Å². The molecule has 7 nitrogen and oxygen atoms in total. The molecule has 0 N–H and O–H groups in total. The lowest BCUT2D eigenvalue weighted by atomic mass is 10.00. The van der Waals surface area contributed by atoms with Crippen molar-refractivity contribution in [1.29, 1.82) is 0 Å². The number of carbonyl (C=O) groups is 3. The number of hydrogen-bond donors (Lipinski definition) is 0. The molecule has 114 valence electrons. The average Bonchev–Trinajstić information content (AvgIpc) is 2.27. The molecule has 0 aromatic heterocycles. The summed E-state index contributed by atoms with van der Waals surface area (Å²) in [5.41, 5.74) is -1.01. The first kappa shape index (κ1) is 16.7. The highest BCUT2D eigenvalue weighted by Crippen LogP contribution is 2.30. The van der Waals surface area contributed by atoms with E-state index in [2.05, 4.69) is 0 Å². The fraction of sp³-hybridized carbons (Fsp3) is 0.750. The van der Waals surface area contributed by atoms with Gasteiger partial charge in [-0.25, -0.2) is 0 Å². The normalized spacial score (nSPS) is 33.1. The van der Waals surface area contributed by atoms with Crippen LogP contribution in [0.2, 0.25) is 0 Å². The van der Waals surface area contributed by atoms with Crippen LogP contribution < -0.4 is 0 Å². The highest BCUT2D eigenvalue weighted by Gasteiger charge is 2.49. The van der Waals surface area contributed by atoms with Gasteiger partial charge in [0.05, 0.1) is 6.10 Å². The van der Waals surface area contributed by atoms with Crippen molar-refractivity contribution in [3.8, 4) is 0 Å². The highest BCUT2D eigenvalue weighted by molar-refractivity contribution is 6.20. The fourth-order valence-electron chi connectivity index (χ4n) is 1.96. The lowest BCUT2D eigenvalue weighted by Gasteiger charge is -2.41. The molecule has 0 saturated carbocycles. The van der Waals surface area contributed by atoms with E-state index in [9.17, 15) is 14.4 Å². The van der Waals surface area contributed by atoms with Crippen LogP contribution in [0.4, 0.5) is 0 Å². The molecule has 0 aliphatic carbocycles. The summed E-state index contributed by atoms with van der Waals surface area (Å²) in [6, 6.07) is 0. The van der Waals surface area contributed by atoms with Crippen LogP contribution in [0, 0.1) is 0 Å². The van der Waals surface area contributed by atoms with Gasteiger partial charge in [0.15, 0.2) is 23.9 Å². The van der Waals surface area contributed by atoms with E-state index in [1.165, 1.54) is 20.8 Å². The van der Waals surface area contributed by atoms with Gasteiger partial charge in [-0.15, -0.1) is 0 Å². The molecule has 8 heteroatoms. The van der Waals surface area contributed by atoms with Gasteiger partial charge in [-0.3, -0.25) is 14.4 Å². The van der Waals surface area contributed by atoms with E-state index < -0.39 is 47.9 Å². The van der Waals surface area contributed by atoms with E-state index >= 15 is 0 Å². The van der Waals surface area contributed by atoms with Crippen LogP contribution >= 0.6 is 11.6 Å². The first-order chi connectivity index (χ1) is 9.22. The maximum atomic E-state index is 11.2. The number of hydrogen-bond acceptors (Lipinski definition) is 7. The molecule has 1 rings (SSSR count). The molecule has 5 atom stereocenters. The minimum atomic E-state index is -1.06. The number of ether oxygens (including phenoxy) is 4. The summed E-state index contributed by atoms with van der Waals surface area (Å²) in [6.45, 7) is 5.21. The molecule has 1 unspecified atom stereocenters. The predicted molar refractivity (Wildman–Crippen MR) is 66.9 cm³/mol. The zero-order valence-corrected chi connectivity index (χ0v) is 12.4. The Morgan fingerprint density at radius 1 is 0.850 bits per heavy atom. The summed E-state index contributed by atoms with van der Waals surface area (Å²) < 4.78 is 20.5. The summed E-state index contributed by atoms with van der Waals surface area (Å²) in [7, 11) is 0. The second kappa shape index (κ2) is 6.90. The number of esters is 3. The third-order valence-corrected chi connectivity index (χ3v) is 2.97. The van der Waals surface area contributed by atoms with Crippen molar-refractivity contribution in [1.82, 2.24) is 0 Å². The SMILES string of the molecule is CC(=O)O[C@@H]1[C@H](OC(C)=O)[C@@H](OC(C)=O)C(Cl)O[C@@H]1C. The first-order valence-corrected chi connectivity index (χ1v) is 6.47. The second-order valence-corrected chi connectivity index (χ2v) is 4.84. The molecule has 20 heavy (non-hydrogen) atoms. The van der Waals surface area contributed by atoms with Crippen LogP contribution in [0.5, 0.6) is 0 Å². The molecule has 0 bridgehead atoms. The maximum absolute atomic E-state index is 11.2. The molecule has 1 heterocycles. The summed E-state index contributed by atoms with van der Waals surface area (Å²) in [5.74, 6) is -1.79. The van der Waals surface area contributed by atoms with Gasteiger partial charge >= 0.3 is 17.9 Å². The predicted octanol–water partition coefficient (Wildman–Crippen LogP) is 0.765. The second-order valence-electron chi connectivity index (χ2n) is 4.41. The lowest BCUT2D eigenvalue weighted by molar-refractivity contribution is -0.230. The quantitative estimate of drug-likeness (QED) is 0.432. The minimum absolute atomic E-state index is 0.572. The van der Waals surface area contributed by atoms with E-state index in [1.54, 1.807) is 6.92 Å². The molecule has 1 aliphatic heterocycles. The van der Waals surface area contributed by atoms with Crippen LogP contribution in [0.15, 0.2) is 0 Å². The van der Waals surface area contributed by atoms with E-state index in [1.807, 2.05) is 0 Å². The lowest BCUT2D eigenvalue weighted by Crippen LogP contribution is -2.59. The number of alkyl halides is 1. The van der Waals surface area contributed by atoms with E-state index in [0.29, 0.717) is 0 Å². The summed E-state index contributed by atoms with van der Waals surface area (Å²) in [5, 5.41) is 0. The van der Waals surface area contributed by atoms with Crippen molar-refractivity contribution in [2.75, 3.05) is 0 Å². The first-order valence-electron chi connectivity index (χ1n) is 6.03. The molecule has 0 aromatic rings. The minimum Gasteiger partial charge on any atom is -0.456 e. The smallest absolute Gasteiger partial charge is 0.303 e. The van der Waals surface area contributed by atoms with Crippen LogP contribution in [0.3, 0.4) is 0 Å². The number of carbonyl (C=O) groups excluding carboxylic acids is 3. The summed E-state index contributed by atoms with van der Waals surface area (Å²) in [4.78, 5) is 33.5. The molecule has 1 aliphatic rings. The monoisotopic (exact) mass is 308 g/mol. The Balaban J connectivity index is 3.01. The molecule has 0 amide bonds. The van der Waals surface area contributed by atoms with E-state index in [4.69, 9.17) is 30.5 Å². The maximum Gasteiger partial charge on any atom is 0.303 e. The Hall–Kier alpha value is -1.34.